The van der Waals surface area contributed by atoms with Crippen LogP contribution in [0, 0.1) is 39.4 Å². The number of carboxylic acids is 1. The van der Waals surface area contributed by atoms with Gasteiger partial charge in [-0.3, -0.25) is 9.59 Å². The number of hydrogen-bond donors (Lipinski definition) is 4. The Morgan fingerprint density at radius 3 is 2.27 bits per heavy atom. The van der Waals surface area contributed by atoms with Crippen molar-refractivity contribution >= 4 is 17.6 Å². The van der Waals surface area contributed by atoms with Gasteiger partial charge in [-0.1, -0.05) is 56.7 Å². The number of amides is 1. The molecule has 0 radical (unpaired) electrons. The minimum Gasteiger partial charge on any atom is -0.481 e. The second-order valence-electron chi connectivity index (χ2n) is 13.7. The van der Waals surface area contributed by atoms with Gasteiger partial charge in [0.05, 0.1) is 34.0 Å². The van der Waals surface area contributed by atoms with Crippen LogP contribution in [-0.2, 0) is 4.79 Å². The molecule has 0 fully saturated rings. The van der Waals surface area contributed by atoms with Crippen LogP contribution in [0.4, 0.5) is 10.1 Å². The van der Waals surface area contributed by atoms with E-state index in [1.54, 1.807) is 0 Å². The zero-order chi connectivity index (χ0) is 38.8. The highest BCUT2D eigenvalue weighted by atomic mass is 19.1. The molecular weight excluding hydrogens is 619 g/mol. The highest BCUT2D eigenvalue weighted by Gasteiger charge is 2.36. The van der Waals surface area contributed by atoms with Gasteiger partial charge < -0.3 is 25.2 Å². The highest BCUT2D eigenvalue weighted by Crippen LogP contribution is 2.47. The van der Waals surface area contributed by atoms with Gasteiger partial charge in [-0.25, -0.2) is 4.39 Å². The van der Waals surface area contributed by atoms with E-state index in [1.807, 2.05) is 95.5 Å². The molecule has 262 valence electrons. The largest absolute Gasteiger partial charge is 0.481 e. The maximum absolute atomic E-state index is 15.2. The zero-order valence-electron chi connectivity index (χ0n) is 32.7. The van der Waals surface area contributed by atoms with E-state index in [4.69, 9.17) is 4.11 Å². The van der Waals surface area contributed by atoms with E-state index in [0.29, 0.717) is 40.2 Å². The number of benzene rings is 3. The lowest BCUT2D eigenvalue weighted by molar-refractivity contribution is -0.139. The van der Waals surface area contributed by atoms with Gasteiger partial charge >= 0.3 is 5.97 Å². The molecule has 4 aromatic rings. The van der Waals surface area contributed by atoms with Crippen LogP contribution in [0.15, 0.2) is 60.6 Å². The highest BCUT2D eigenvalue weighted by molar-refractivity contribution is 6.12. The number of aliphatic hydroxyl groups excluding tert-OH is 2. The molecule has 0 bridgehead atoms. The number of halogens is 1. The Balaban J connectivity index is 2.20. The first-order valence-corrected chi connectivity index (χ1v) is 17.0. The van der Waals surface area contributed by atoms with Crippen LogP contribution < -0.4 is 5.32 Å². The summed E-state index contributed by atoms with van der Waals surface area (Å²) in [5.41, 5.74) is 6.18. The van der Waals surface area contributed by atoms with E-state index < -0.39 is 60.5 Å². The van der Waals surface area contributed by atoms with Gasteiger partial charge in [0.15, 0.2) is 0 Å². The van der Waals surface area contributed by atoms with Gasteiger partial charge in [0.25, 0.3) is 5.91 Å². The molecule has 4 rings (SSSR count). The number of aliphatic carboxylic acids is 1. The lowest BCUT2D eigenvalue weighted by atomic mass is 9.85. The van der Waals surface area contributed by atoms with Crippen molar-refractivity contribution in [1.29, 1.82) is 0 Å². The summed E-state index contributed by atoms with van der Waals surface area (Å²) < 4.78 is 43.4. The fraction of sp³-hybridized carbons (Fsp3) is 0.415. The van der Waals surface area contributed by atoms with Crippen molar-refractivity contribution in [2.45, 2.75) is 105 Å². The molecule has 7 nitrogen and oxygen atoms in total. The molecule has 1 amide bonds. The third-order valence-electron chi connectivity index (χ3n) is 9.35. The van der Waals surface area contributed by atoms with Gasteiger partial charge in [0, 0.05) is 34.5 Å². The fourth-order valence-corrected chi connectivity index (χ4v) is 6.88. The number of aliphatic hydroxyl groups is 2. The van der Waals surface area contributed by atoms with Gasteiger partial charge in [-0.15, -0.1) is 0 Å². The number of nitrogens with zero attached hydrogens (tertiary/aromatic N) is 1. The van der Waals surface area contributed by atoms with Crippen LogP contribution in [0.5, 0.6) is 0 Å². The summed E-state index contributed by atoms with van der Waals surface area (Å²) in [6.45, 7) is 15.3. The first-order chi connectivity index (χ1) is 24.4. The lowest BCUT2D eigenvalue weighted by Gasteiger charge is -2.29. The van der Waals surface area contributed by atoms with Crippen LogP contribution in [0.2, 0.25) is 0 Å². The van der Waals surface area contributed by atoms with E-state index in [1.165, 1.54) is 6.92 Å². The van der Waals surface area contributed by atoms with Crippen LogP contribution >= 0.6 is 0 Å². The molecule has 2 unspecified atom stereocenters. The number of carbonyl (C=O) groups is 2. The van der Waals surface area contributed by atoms with Crippen LogP contribution in [0.25, 0.3) is 22.4 Å². The molecule has 4 N–H and O–H groups in total. The van der Waals surface area contributed by atoms with Crippen molar-refractivity contribution in [3.05, 3.63) is 99.9 Å². The van der Waals surface area contributed by atoms with E-state index in [-0.39, 0.29) is 35.8 Å². The molecule has 1 aromatic heterocycles. The molecule has 49 heavy (non-hydrogen) atoms. The first-order valence-electron chi connectivity index (χ1n) is 18.5. The Bertz CT molecular complexity index is 1950. The van der Waals surface area contributed by atoms with Crippen molar-refractivity contribution in [3.8, 4) is 22.4 Å². The molecule has 0 spiro atoms. The van der Waals surface area contributed by atoms with Crippen LogP contribution in [-0.4, -0.2) is 44.0 Å². The molecule has 0 aliphatic rings. The summed E-state index contributed by atoms with van der Waals surface area (Å²) in [6, 6.07) is 10.9. The van der Waals surface area contributed by atoms with E-state index in [9.17, 15) is 24.9 Å². The van der Waals surface area contributed by atoms with Crippen LogP contribution in [0.3, 0.4) is 0 Å². The van der Waals surface area contributed by atoms with Gasteiger partial charge in [-0.2, -0.15) is 0 Å². The predicted octanol–water partition coefficient (Wildman–Crippen LogP) is 9.13. The predicted molar refractivity (Wildman–Crippen MR) is 195 cm³/mol. The molecule has 3 aromatic carbocycles. The molecule has 0 aliphatic heterocycles. The number of nitrogens with one attached hydrogen (secondary N) is 1. The van der Waals surface area contributed by atoms with E-state index in [2.05, 4.69) is 5.32 Å². The van der Waals surface area contributed by atoms with Crippen molar-refractivity contribution in [1.82, 2.24) is 4.57 Å². The number of aromatic nitrogens is 1. The molecular formula is C41H51FN2O5. The smallest absolute Gasteiger partial charge is 0.305 e. The summed E-state index contributed by atoms with van der Waals surface area (Å²) in [6.07, 6.45) is -2.55. The fourth-order valence-electron chi connectivity index (χ4n) is 6.88. The quantitative estimate of drug-likeness (QED) is 0.107. The molecule has 0 aliphatic carbocycles. The molecule has 4 atom stereocenters. The number of carbonyl (C=O) groups excluding carboxylic acids is 1. The summed E-state index contributed by atoms with van der Waals surface area (Å²) >= 11 is 0. The Labute approximate surface area is 294 Å². The van der Waals surface area contributed by atoms with Gasteiger partial charge in [0.2, 0.25) is 0 Å². The molecule has 0 saturated heterocycles. The number of carboxylic acid groups (broad SMARTS) is 1. The maximum Gasteiger partial charge on any atom is 0.305 e. The minimum absolute atomic E-state index is 0.00259. The van der Waals surface area contributed by atoms with Crippen molar-refractivity contribution in [3.63, 3.8) is 0 Å². The number of rotatable bonds is 14. The normalized spacial score (nSPS) is 14.9. The number of anilines is 1. The van der Waals surface area contributed by atoms with E-state index in [0.717, 1.165) is 16.7 Å². The second-order valence-corrected chi connectivity index (χ2v) is 13.7. The Morgan fingerprint density at radius 1 is 0.939 bits per heavy atom. The number of aryl methyl sites for hydroxylation is 3. The third kappa shape index (κ3) is 8.67. The maximum atomic E-state index is 15.2. The molecule has 8 heteroatoms. The Morgan fingerprint density at radius 2 is 1.65 bits per heavy atom. The second kappa shape index (κ2) is 16.0. The average molecular weight is 674 g/mol. The standard InChI is InChI=1S/C41H51FN2O5/c1-9-34(23(2)3)39-38(41(49)43-31-15-13-25(5)26(6)19-31)37(29-12-10-11-24(4)17-29)40(35-16-14-30(42)18-27(35)7)44(39)28(8)20-32(45)21-33(46)22-36(47)48/h10-19,23,28,32-34,45-46H,9,20-22H2,1-8H3,(H,43,49)(H,47,48)/t28?,32-,33-,34?/m1/s1/i14D,16D,18D. The monoisotopic (exact) mass is 673 g/mol. The Kier molecular flexibility index (Phi) is 10.8. The summed E-state index contributed by atoms with van der Waals surface area (Å²) in [5, 5.41) is 34.0. The zero-order valence-corrected chi connectivity index (χ0v) is 29.7. The van der Waals surface area contributed by atoms with Gasteiger partial charge in [-0.05, 0) is 112 Å². The SMILES string of the molecule is [2H]c1c([2H])c(-c2c(-c3cccc(C)c3)c(C(=O)Nc3ccc(C)c(C)c3)c(C(CC)C(C)C)n2C(C)C[C@@H](O)C[C@@H](O)CC(=O)O)c(C)c([2H])c1F. The Hall–Kier alpha value is -4.27. The van der Waals surface area contributed by atoms with Gasteiger partial charge in [0.1, 0.15) is 5.82 Å². The minimum atomic E-state index is -1.29. The topological polar surface area (TPSA) is 112 Å². The van der Waals surface area contributed by atoms with E-state index >= 15 is 4.39 Å². The van der Waals surface area contributed by atoms with Crippen LogP contribution in [0.1, 0.15) is 108 Å². The number of hydrogen-bond acceptors (Lipinski definition) is 4. The summed E-state index contributed by atoms with van der Waals surface area (Å²) in [7, 11) is 0. The molecule has 1 heterocycles. The van der Waals surface area contributed by atoms with Crippen molar-refractivity contribution < 1.29 is 33.4 Å². The van der Waals surface area contributed by atoms with Crippen molar-refractivity contribution in [2.75, 3.05) is 5.32 Å². The first kappa shape index (κ1) is 33.2. The third-order valence-corrected chi connectivity index (χ3v) is 9.35. The average Bonchev–Trinajstić information content (AvgIpc) is 3.39. The lowest BCUT2D eigenvalue weighted by Crippen LogP contribution is -2.25. The summed E-state index contributed by atoms with van der Waals surface area (Å²) in [4.78, 5) is 26.2. The van der Waals surface area contributed by atoms with Crippen molar-refractivity contribution in [2.24, 2.45) is 5.92 Å². The summed E-state index contributed by atoms with van der Waals surface area (Å²) in [5.74, 6) is -2.96. The molecule has 0 saturated carbocycles.